The maximum Gasteiger partial charge on any atom is 0.419 e. The van der Waals surface area contributed by atoms with Crippen molar-refractivity contribution in [3.63, 3.8) is 0 Å². The lowest BCUT2D eigenvalue weighted by atomic mass is 10.2. The monoisotopic (exact) mass is 297 g/mol. The van der Waals surface area contributed by atoms with Gasteiger partial charge in [0, 0.05) is 25.3 Å². The van der Waals surface area contributed by atoms with Crippen LogP contribution in [-0.2, 0) is 13.6 Å². The summed E-state index contributed by atoms with van der Waals surface area (Å²) in [6.45, 7) is 0.440. The first kappa shape index (κ1) is 13.9. The van der Waals surface area contributed by atoms with Crippen LogP contribution in [0.15, 0.2) is 57.7 Å². The number of hydrogen-bond donors (Lipinski definition) is 2. The number of benzene rings is 2. The topological polar surface area (TPSA) is 76.3 Å². The minimum atomic E-state index is -0.430. The maximum atomic E-state index is 11.9. The predicted molar refractivity (Wildman–Crippen MR) is 83.8 cm³/mol. The van der Waals surface area contributed by atoms with Crippen LogP contribution in [0.25, 0.3) is 11.1 Å². The van der Waals surface area contributed by atoms with Gasteiger partial charge in [-0.3, -0.25) is 4.57 Å². The molecule has 2 N–H and O–H groups in total. The van der Waals surface area contributed by atoms with E-state index in [1.165, 1.54) is 4.57 Å². The summed E-state index contributed by atoms with van der Waals surface area (Å²) in [5, 5.41) is 5.48. The van der Waals surface area contributed by atoms with Gasteiger partial charge in [0.05, 0.1) is 5.52 Å². The van der Waals surface area contributed by atoms with Crippen molar-refractivity contribution in [2.45, 2.75) is 6.54 Å². The third kappa shape index (κ3) is 2.85. The van der Waals surface area contributed by atoms with E-state index in [4.69, 9.17) is 4.42 Å². The SMILES string of the molecule is Cn1c(=O)oc2cc(NC(=O)NCc3ccccc3)ccc21. The molecule has 0 aliphatic rings. The molecule has 22 heavy (non-hydrogen) atoms. The molecule has 1 heterocycles. The number of rotatable bonds is 3. The van der Waals surface area contributed by atoms with Crippen molar-refractivity contribution in [1.82, 2.24) is 9.88 Å². The van der Waals surface area contributed by atoms with Crippen LogP contribution in [0, 0.1) is 0 Å². The summed E-state index contributed by atoms with van der Waals surface area (Å²) in [7, 11) is 1.63. The first-order valence-electron chi connectivity index (χ1n) is 6.82. The van der Waals surface area contributed by atoms with E-state index in [-0.39, 0.29) is 6.03 Å². The van der Waals surface area contributed by atoms with Crippen LogP contribution in [0.1, 0.15) is 5.56 Å². The van der Waals surface area contributed by atoms with Crippen molar-refractivity contribution in [2.24, 2.45) is 7.05 Å². The lowest BCUT2D eigenvalue weighted by molar-refractivity contribution is 0.251. The summed E-state index contributed by atoms with van der Waals surface area (Å²) in [6, 6.07) is 14.4. The molecule has 6 heteroatoms. The molecule has 3 aromatic rings. The van der Waals surface area contributed by atoms with Crippen LogP contribution in [0.2, 0.25) is 0 Å². The standard InChI is InChI=1S/C16H15N3O3/c1-19-13-8-7-12(9-14(13)22-16(19)21)18-15(20)17-10-11-5-3-2-4-6-11/h2-9H,10H2,1H3,(H2,17,18,20). The number of oxazole rings is 1. The Bertz CT molecular complexity index is 865. The van der Waals surface area contributed by atoms with Gasteiger partial charge >= 0.3 is 11.8 Å². The Morgan fingerprint density at radius 3 is 2.73 bits per heavy atom. The molecule has 0 fully saturated rings. The van der Waals surface area contributed by atoms with E-state index in [0.29, 0.717) is 23.3 Å². The predicted octanol–water partition coefficient (Wildman–Crippen LogP) is 2.45. The Kier molecular flexibility index (Phi) is 3.65. The van der Waals surface area contributed by atoms with Crippen LogP contribution < -0.4 is 16.4 Å². The van der Waals surface area contributed by atoms with Crippen molar-refractivity contribution < 1.29 is 9.21 Å². The summed E-state index contributed by atoms with van der Waals surface area (Å²) < 4.78 is 6.50. The van der Waals surface area contributed by atoms with E-state index < -0.39 is 5.76 Å². The Hall–Kier alpha value is -3.02. The molecule has 6 nitrogen and oxygen atoms in total. The van der Waals surface area contributed by atoms with Crippen LogP contribution in [0.4, 0.5) is 10.5 Å². The fourth-order valence-electron chi connectivity index (χ4n) is 2.17. The molecule has 1 aromatic heterocycles. The minimum absolute atomic E-state index is 0.318. The third-order valence-corrected chi connectivity index (χ3v) is 3.35. The molecule has 0 aliphatic carbocycles. The number of urea groups is 1. The summed E-state index contributed by atoms with van der Waals surface area (Å²) in [5.41, 5.74) is 2.70. The maximum absolute atomic E-state index is 11.9. The number of carbonyl (C=O) groups is 1. The number of aryl methyl sites for hydroxylation is 1. The quantitative estimate of drug-likeness (QED) is 0.779. The van der Waals surface area contributed by atoms with Gasteiger partial charge in [0.15, 0.2) is 5.58 Å². The summed E-state index contributed by atoms with van der Waals surface area (Å²) in [4.78, 5) is 23.3. The fourth-order valence-corrected chi connectivity index (χ4v) is 2.17. The first-order chi connectivity index (χ1) is 10.6. The van der Waals surface area contributed by atoms with Crippen molar-refractivity contribution in [2.75, 3.05) is 5.32 Å². The Labute approximate surface area is 126 Å². The van der Waals surface area contributed by atoms with Gasteiger partial charge in [-0.1, -0.05) is 30.3 Å². The average molecular weight is 297 g/mol. The zero-order valence-corrected chi connectivity index (χ0v) is 12.0. The normalized spacial score (nSPS) is 10.6. The minimum Gasteiger partial charge on any atom is -0.408 e. The number of nitrogens with one attached hydrogen (secondary N) is 2. The molecule has 0 radical (unpaired) electrons. The molecular weight excluding hydrogens is 282 g/mol. The molecule has 0 spiro atoms. The number of fused-ring (bicyclic) bond motifs is 1. The smallest absolute Gasteiger partial charge is 0.408 e. The number of amides is 2. The van der Waals surface area contributed by atoms with E-state index >= 15 is 0 Å². The van der Waals surface area contributed by atoms with Gasteiger partial charge in [-0.25, -0.2) is 9.59 Å². The van der Waals surface area contributed by atoms with E-state index in [0.717, 1.165) is 5.56 Å². The average Bonchev–Trinajstić information content (AvgIpc) is 2.81. The van der Waals surface area contributed by atoms with Crippen LogP contribution in [0.3, 0.4) is 0 Å². The van der Waals surface area contributed by atoms with Gasteiger partial charge in [0.25, 0.3) is 0 Å². The molecule has 112 valence electrons. The van der Waals surface area contributed by atoms with Crippen molar-refractivity contribution in [3.05, 3.63) is 64.6 Å². The highest BCUT2D eigenvalue weighted by molar-refractivity contribution is 5.91. The molecule has 0 bridgehead atoms. The molecule has 0 saturated heterocycles. The number of hydrogen-bond acceptors (Lipinski definition) is 3. The highest BCUT2D eigenvalue weighted by Crippen LogP contribution is 2.17. The van der Waals surface area contributed by atoms with Crippen molar-refractivity contribution >= 4 is 22.8 Å². The lowest BCUT2D eigenvalue weighted by Gasteiger charge is -2.07. The van der Waals surface area contributed by atoms with E-state index in [1.807, 2.05) is 30.3 Å². The molecule has 3 rings (SSSR count). The van der Waals surface area contributed by atoms with E-state index in [9.17, 15) is 9.59 Å². The Morgan fingerprint density at radius 2 is 1.95 bits per heavy atom. The van der Waals surface area contributed by atoms with Gasteiger partial charge in [0.1, 0.15) is 0 Å². The van der Waals surface area contributed by atoms with Gasteiger partial charge in [-0.15, -0.1) is 0 Å². The van der Waals surface area contributed by atoms with Crippen LogP contribution in [0.5, 0.6) is 0 Å². The molecule has 0 unspecified atom stereocenters. The summed E-state index contributed by atoms with van der Waals surface area (Å²) in [6.07, 6.45) is 0. The van der Waals surface area contributed by atoms with Gasteiger partial charge in [0.2, 0.25) is 0 Å². The fraction of sp³-hybridized carbons (Fsp3) is 0.125. The molecule has 2 aromatic carbocycles. The highest BCUT2D eigenvalue weighted by atomic mass is 16.4. The second-order valence-electron chi connectivity index (χ2n) is 4.90. The number of carbonyl (C=O) groups excluding carboxylic acids is 1. The molecule has 0 atom stereocenters. The van der Waals surface area contributed by atoms with Crippen molar-refractivity contribution in [3.8, 4) is 0 Å². The van der Waals surface area contributed by atoms with Gasteiger partial charge in [-0.2, -0.15) is 0 Å². The lowest BCUT2D eigenvalue weighted by Crippen LogP contribution is -2.28. The zero-order valence-electron chi connectivity index (χ0n) is 12.0. The molecule has 0 aliphatic heterocycles. The zero-order chi connectivity index (χ0) is 15.5. The second-order valence-corrected chi connectivity index (χ2v) is 4.90. The highest BCUT2D eigenvalue weighted by Gasteiger charge is 2.08. The number of nitrogens with zero attached hydrogens (tertiary/aromatic N) is 1. The number of aromatic nitrogens is 1. The van der Waals surface area contributed by atoms with E-state index in [2.05, 4.69) is 10.6 Å². The first-order valence-corrected chi connectivity index (χ1v) is 6.82. The molecule has 0 saturated carbocycles. The Balaban J connectivity index is 1.67. The summed E-state index contributed by atoms with van der Waals surface area (Å²) in [5.74, 6) is -0.430. The second kappa shape index (κ2) is 5.77. The molecule has 2 amide bonds. The molecular formula is C16H15N3O3. The Morgan fingerprint density at radius 1 is 1.18 bits per heavy atom. The summed E-state index contributed by atoms with van der Waals surface area (Å²) >= 11 is 0. The number of anilines is 1. The largest absolute Gasteiger partial charge is 0.419 e. The van der Waals surface area contributed by atoms with Gasteiger partial charge in [-0.05, 0) is 17.7 Å². The third-order valence-electron chi connectivity index (χ3n) is 3.35. The van der Waals surface area contributed by atoms with E-state index in [1.54, 1.807) is 25.2 Å². The van der Waals surface area contributed by atoms with Gasteiger partial charge < -0.3 is 15.1 Å². The van der Waals surface area contributed by atoms with Crippen LogP contribution >= 0.6 is 0 Å². The van der Waals surface area contributed by atoms with Crippen molar-refractivity contribution in [1.29, 1.82) is 0 Å². The van der Waals surface area contributed by atoms with Crippen LogP contribution in [-0.4, -0.2) is 10.6 Å².